The largest absolute Gasteiger partial charge is 0.387 e. The van der Waals surface area contributed by atoms with E-state index in [9.17, 15) is 9.90 Å². The summed E-state index contributed by atoms with van der Waals surface area (Å²) in [6.45, 7) is -4.25. The van der Waals surface area contributed by atoms with Crippen molar-refractivity contribution in [3.63, 3.8) is 0 Å². The quantitative estimate of drug-likeness (QED) is 0.362. The average molecular weight is 393 g/mol. The summed E-state index contributed by atoms with van der Waals surface area (Å²) < 4.78 is 17.1. The van der Waals surface area contributed by atoms with E-state index in [4.69, 9.17) is 29.5 Å². The maximum absolute atomic E-state index is 11.9. The fraction of sp³-hybridized carbons (Fsp3) is 0.545. The number of H-pyrrole nitrogens is 1. The Kier molecular flexibility index (Phi) is 4.92. The third kappa shape index (κ3) is 3.59. The highest BCUT2D eigenvalue weighted by Gasteiger charge is 2.46. The molecule has 4 atom stereocenters. The van der Waals surface area contributed by atoms with E-state index in [2.05, 4.69) is 26.8 Å². The van der Waals surface area contributed by atoms with E-state index in [1.807, 2.05) is 0 Å². The smallest absolute Gasteiger partial charge is 0.321 e. The van der Waals surface area contributed by atoms with Gasteiger partial charge >= 0.3 is 6.72 Å². The summed E-state index contributed by atoms with van der Waals surface area (Å²) >= 11 is 4.37. The molecule has 0 spiro atoms. The highest BCUT2D eigenvalue weighted by molar-refractivity contribution is 8.06. The number of fused-ring (bicyclic) bond motifs is 1. The van der Waals surface area contributed by atoms with Crippen molar-refractivity contribution in [1.82, 2.24) is 19.5 Å². The van der Waals surface area contributed by atoms with E-state index in [0.717, 1.165) is 0 Å². The molecule has 14 heteroatoms. The van der Waals surface area contributed by atoms with Crippen molar-refractivity contribution in [2.24, 2.45) is 0 Å². The van der Waals surface area contributed by atoms with Gasteiger partial charge in [-0.15, -0.1) is 0 Å². The number of nitrogens with two attached hydrogens (primary N) is 1. The van der Waals surface area contributed by atoms with Crippen molar-refractivity contribution >= 4 is 35.6 Å². The Morgan fingerprint density at radius 2 is 2.28 bits per heavy atom. The second kappa shape index (κ2) is 6.70. The van der Waals surface area contributed by atoms with Crippen molar-refractivity contribution in [3.05, 3.63) is 16.7 Å². The molecule has 138 valence electrons. The first-order valence-electron chi connectivity index (χ1n) is 7.00. The molecule has 4 unspecified atom stereocenters. The number of aliphatic hydroxyl groups is 1. The number of ether oxygens (including phenoxy) is 2. The topological polar surface area (TPSA) is 178 Å². The van der Waals surface area contributed by atoms with E-state index in [1.165, 1.54) is 18.0 Å². The minimum atomic E-state index is -3.90. The maximum atomic E-state index is 11.9. The zero-order valence-corrected chi connectivity index (χ0v) is 14.6. The number of hydrogen-bond acceptors (Lipinski definition) is 9. The number of aromatic amines is 1. The molecule has 2 aromatic heterocycles. The number of nitrogens with zero attached hydrogens (tertiary/aromatic N) is 3. The summed E-state index contributed by atoms with van der Waals surface area (Å²) in [5, 5.41) is 10.3. The van der Waals surface area contributed by atoms with Crippen LogP contribution in [0.5, 0.6) is 0 Å². The van der Waals surface area contributed by atoms with Gasteiger partial charge in [0, 0.05) is 7.11 Å². The number of imidazole rings is 1. The predicted molar refractivity (Wildman–Crippen MR) is 87.9 cm³/mol. The van der Waals surface area contributed by atoms with Crippen molar-refractivity contribution in [2.75, 3.05) is 19.5 Å². The molecule has 1 aliphatic heterocycles. The van der Waals surface area contributed by atoms with Crippen LogP contribution >= 0.6 is 6.72 Å². The van der Waals surface area contributed by atoms with Crippen molar-refractivity contribution in [3.8, 4) is 0 Å². The Bertz CT molecular complexity index is 881. The first kappa shape index (κ1) is 18.4. The lowest BCUT2D eigenvalue weighted by atomic mass is 10.1. The van der Waals surface area contributed by atoms with Crippen molar-refractivity contribution in [2.45, 2.75) is 24.5 Å². The number of rotatable bonds is 5. The number of nitrogens with one attached hydrogen (secondary N) is 1. The number of nitrogen functional groups attached to an aromatic ring is 1. The fourth-order valence-electron chi connectivity index (χ4n) is 2.63. The second-order valence-corrected chi connectivity index (χ2v) is 7.98. The number of aromatic nitrogens is 4. The molecule has 3 heterocycles. The molecule has 0 saturated carbocycles. The first-order valence-corrected chi connectivity index (χ1v) is 9.62. The molecule has 0 aromatic carbocycles. The van der Waals surface area contributed by atoms with E-state index in [0.29, 0.717) is 0 Å². The molecule has 0 aliphatic carbocycles. The third-order valence-corrected chi connectivity index (χ3v) is 4.52. The zero-order valence-electron chi connectivity index (χ0n) is 12.8. The summed E-state index contributed by atoms with van der Waals surface area (Å²) in [5.41, 5.74) is 5.23. The van der Waals surface area contributed by atoms with Crippen LogP contribution in [-0.2, 0) is 25.8 Å². The minimum absolute atomic E-state index is 0.0445. The van der Waals surface area contributed by atoms with Crippen molar-refractivity contribution < 1.29 is 28.9 Å². The van der Waals surface area contributed by atoms with E-state index in [1.54, 1.807) is 0 Å². The van der Waals surface area contributed by atoms with Crippen LogP contribution in [0.1, 0.15) is 6.23 Å². The van der Waals surface area contributed by atoms with Gasteiger partial charge in [0.15, 0.2) is 17.4 Å². The maximum Gasteiger partial charge on any atom is 0.321 e. The molecule has 1 aliphatic rings. The first-order chi connectivity index (χ1) is 11.7. The second-order valence-electron chi connectivity index (χ2n) is 5.32. The monoisotopic (exact) mass is 393 g/mol. The van der Waals surface area contributed by atoms with Gasteiger partial charge in [0.2, 0.25) is 5.95 Å². The van der Waals surface area contributed by atoms with Gasteiger partial charge in [-0.25, -0.2) is 4.98 Å². The van der Waals surface area contributed by atoms with Gasteiger partial charge in [-0.2, -0.15) is 4.98 Å². The Morgan fingerprint density at radius 3 is 2.92 bits per heavy atom. The third-order valence-electron chi connectivity index (χ3n) is 3.72. The number of methoxy groups -OCH3 is 1. The molecule has 1 saturated heterocycles. The van der Waals surface area contributed by atoms with Gasteiger partial charge in [0.05, 0.1) is 12.9 Å². The van der Waals surface area contributed by atoms with Crippen LogP contribution in [0.2, 0.25) is 0 Å². The van der Waals surface area contributed by atoms with Crippen LogP contribution in [0.4, 0.5) is 5.95 Å². The Hall–Kier alpha value is -1.44. The van der Waals surface area contributed by atoms with Crippen LogP contribution < -0.4 is 11.3 Å². The molecule has 6 N–H and O–H groups in total. The summed E-state index contributed by atoms with van der Waals surface area (Å²) in [7, 11) is 1.36. The molecule has 2 aromatic rings. The van der Waals surface area contributed by atoms with Crippen LogP contribution in [0.15, 0.2) is 11.1 Å². The Morgan fingerprint density at radius 1 is 1.56 bits per heavy atom. The molecular weight excluding hydrogens is 377 g/mol. The van der Waals surface area contributed by atoms with E-state index < -0.39 is 36.8 Å². The number of aliphatic hydroxyl groups excluding tert-OH is 1. The molecule has 3 rings (SSSR count). The molecular formula is C11H16N5O7PS. The van der Waals surface area contributed by atoms with Gasteiger partial charge in [-0.05, 0) is 11.8 Å². The standard InChI is InChI=1S/C11H16N5O7PS/c1-21-7-6(17)4(2-22-24(19,20)25)23-10(7)16-3-13-5-8(16)14-11(12)15-9(5)18/h3-4,6-7,10,17H,2H2,1H3,(H2,19,20,25)(H3,12,14,15,18). The van der Waals surface area contributed by atoms with Crippen LogP contribution in [0.3, 0.4) is 0 Å². The summed E-state index contributed by atoms with van der Waals surface area (Å²) in [6.07, 6.45) is -2.56. The highest BCUT2D eigenvalue weighted by Crippen LogP contribution is 2.39. The lowest BCUT2D eigenvalue weighted by Gasteiger charge is -2.19. The van der Waals surface area contributed by atoms with Crippen molar-refractivity contribution in [1.29, 1.82) is 0 Å². The van der Waals surface area contributed by atoms with Gasteiger partial charge < -0.3 is 34.6 Å². The fourth-order valence-corrected chi connectivity index (χ4v) is 3.16. The predicted octanol–water partition coefficient (Wildman–Crippen LogP) is -1.80. The van der Waals surface area contributed by atoms with Gasteiger partial charge in [0.1, 0.15) is 18.3 Å². The Labute approximate surface area is 145 Å². The molecule has 25 heavy (non-hydrogen) atoms. The van der Waals surface area contributed by atoms with Crippen LogP contribution in [0.25, 0.3) is 11.2 Å². The normalized spacial score (nSPS) is 27.2. The molecule has 0 bridgehead atoms. The average Bonchev–Trinajstić information content (AvgIpc) is 3.05. The van der Waals surface area contributed by atoms with Gasteiger partial charge in [-0.1, -0.05) is 0 Å². The molecule has 0 radical (unpaired) electrons. The van der Waals surface area contributed by atoms with Crippen LogP contribution in [-0.4, -0.2) is 66.4 Å². The van der Waals surface area contributed by atoms with E-state index in [-0.39, 0.29) is 23.7 Å². The van der Waals surface area contributed by atoms with Gasteiger partial charge in [-0.3, -0.25) is 14.3 Å². The number of hydrogen-bond donors (Lipinski definition) is 5. The number of anilines is 1. The SMILES string of the molecule is COC1C(O)C(COP(O)(O)=S)OC1n1cnc2c(=O)[nH]c(N)nc21. The lowest BCUT2D eigenvalue weighted by molar-refractivity contribution is -0.0567. The summed E-state index contributed by atoms with van der Waals surface area (Å²) in [4.78, 5) is 40.5. The summed E-state index contributed by atoms with van der Waals surface area (Å²) in [6, 6.07) is 0. The molecule has 0 amide bonds. The molecule has 12 nitrogen and oxygen atoms in total. The zero-order chi connectivity index (χ0) is 18.4. The van der Waals surface area contributed by atoms with E-state index >= 15 is 0 Å². The Balaban J connectivity index is 1.94. The lowest BCUT2D eigenvalue weighted by Crippen LogP contribution is -2.35. The van der Waals surface area contributed by atoms with Crippen LogP contribution in [0, 0.1) is 0 Å². The summed E-state index contributed by atoms with van der Waals surface area (Å²) in [5.74, 6) is -0.104. The highest BCUT2D eigenvalue weighted by atomic mass is 32.5. The molecule has 1 fully saturated rings. The van der Waals surface area contributed by atoms with Gasteiger partial charge in [0.25, 0.3) is 5.56 Å². The minimum Gasteiger partial charge on any atom is -0.387 e.